The molecule has 30 heavy (non-hydrogen) atoms. The second-order valence-electron chi connectivity index (χ2n) is 6.72. The molecule has 0 aliphatic rings. The van der Waals surface area contributed by atoms with Crippen molar-refractivity contribution >= 4 is 17.5 Å². The summed E-state index contributed by atoms with van der Waals surface area (Å²) in [6, 6.07) is 14.1. The van der Waals surface area contributed by atoms with Crippen LogP contribution in [0.15, 0.2) is 48.5 Å². The van der Waals surface area contributed by atoms with Crippen molar-refractivity contribution in [1.29, 1.82) is 0 Å². The van der Waals surface area contributed by atoms with Crippen molar-refractivity contribution in [3.05, 3.63) is 64.8 Å². The first kappa shape index (κ1) is 21.7. The molecule has 3 rings (SSSR count). The first-order valence-electron chi connectivity index (χ1n) is 9.41. The van der Waals surface area contributed by atoms with Crippen LogP contribution in [0.4, 0.5) is 0 Å². The van der Waals surface area contributed by atoms with E-state index in [1.54, 1.807) is 63.7 Å². The number of aromatic nitrogens is 2. The lowest BCUT2D eigenvalue weighted by atomic mass is 10.1. The number of aryl methyl sites for hydroxylation is 1. The van der Waals surface area contributed by atoms with E-state index in [9.17, 15) is 9.90 Å². The Labute approximate surface area is 180 Å². The van der Waals surface area contributed by atoms with Crippen LogP contribution in [0.2, 0.25) is 5.02 Å². The zero-order valence-corrected chi connectivity index (χ0v) is 17.8. The molecule has 1 heterocycles. The minimum absolute atomic E-state index is 0.281. The summed E-state index contributed by atoms with van der Waals surface area (Å²) in [5.74, 6) is 1.01. The van der Waals surface area contributed by atoms with E-state index in [1.165, 1.54) is 4.68 Å². The molecule has 0 radical (unpaired) electrons. The number of aliphatic hydroxyl groups excluding tert-OH is 1. The van der Waals surface area contributed by atoms with Crippen LogP contribution >= 0.6 is 11.6 Å². The molecule has 0 unspecified atom stereocenters. The monoisotopic (exact) mass is 429 g/mol. The molecule has 1 aromatic heterocycles. The summed E-state index contributed by atoms with van der Waals surface area (Å²) in [5, 5.41) is 18.1. The number of nitrogens with one attached hydrogen (secondary N) is 1. The number of hydrogen-bond donors (Lipinski definition) is 2. The van der Waals surface area contributed by atoms with Gasteiger partial charge in [-0.2, -0.15) is 5.10 Å². The van der Waals surface area contributed by atoms with Gasteiger partial charge in [-0.3, -0.25) is 9.48 Å². The molecule has 0 aliphatic carbocycles. The number of methoxy groups -OCH3 is 2. The third-order valence-corrected chi connectivity index (χ3v) is 4.97. The molecular weight excluding hydrogens is 406 g/mol. The number of amides is 1. The van der Waals surface area contributed by atoms with Gasteiger partial charge in [-0.15, -0.1) is 0 Å². The Kier molecular flexibility index (Phi) is 6.97. The van der Waals surface area contributed by atoms with Crippen molar-refractivity contribution < 1.29 is 19.4 Å². The number of ether oxygens (including phenoxy) is 2. The predicted octanol–water partition coefficient (Wildman–Crippen LogP) is 3.61. The molecule has 7 nitrogen and oxygen atoms in total. The van der Waals surface area contributed by atoms with Crippen LogP contribution in [-0.4, -0.2) is 41.6 Å². The SMILES string of the molecule is COc1ccc(OC)c(-c2cc(C(=O)NCC[C@H](O)c3cccc(Cl)c3)n(C)n2)c1. The van der Waals surface area contributed by atoms with Gasteiger partial charge < -0.3 is 19.9 Å². The van der Waals surface area contributed by atoms with E-state index in [0.717, 1.165) is 5.56 Å². The normalized spacial score (nSPS) is 11.8. The molecular formula is C22H24ClN3O4. The van der Waals surface area contributed by atoms with Crippen molar-refractivity contribution in [3.63, 3.8) is 0 Å². The van der Waals surface area contributed by atoms with Crippen LogP contribution in [0.3, 0.4) is 0 Å². The van der Waals surface area contributed by atoms with E-state index in [4.69, 9.17) is 21.1 Å². The molecule has 0 saturated heterocycles. The Balaban J connectivity index is 1.69. The molecule has 1 amide bonds. The fourth-order valence-corrected chi connectivity index (χ4v) is 3.32. The van der Waals surface area contributed by atoms with Crippen LogP contribution in [0, 0.1) is 0 Å². The lowest BCUT2D eigenvalue weighted by Gasteiger charge is -2.12. The first-order chi connectivity index (χ1) is 14.4. The number of benzene rings is 2. The summed E-state index contributed by atoms with van der Waals surface area (Å²) in [7, 11) is 4.86. The molecule has 0 aliphatic heterocycles. The second-order valence-corrected chi connectivity index (χ2v) is 7.16. The van der Waals surface area contributed by atoms with Crippen molar-refractivity contribution in [2.45, 2.75) is 12.5 Å². The highest BCUT2D eigenvalue weighted by Gasteiger charge is 2.18. The van der Waals surface area contributed by atoms with Gasteiger partial charge in [0.05, 0.1) is 26.0 Å². The van der Waals surface area contributed by atoms with Gasteiger partial charge in [0.2, 0.25) is 0 Å². The highest BCUT2D eigenvalue weighted by molar-refractivity contribution is 6.30. The molecule has 2 N–H and O–H groups in total. The average Bonchev–Trinajstić information content (AvgIpc) is 3.14. The van der Waals surface area contributed by atoms with Crippen molar-refractivity contribution in [2.24, 2.45) is 7.05 Å². The number of halogens is 1. The van der Waals surface area contributed by atoms with Crippen molar-refractivity contribution in [1.82, 2.24) is 15.1 Å². The van der Waals surface area contributed by atoms with Crippen LogP contribution in [-0.2, 0) is 7.05 Å². The first-order valence-corrected chi connectivity index (χ1v) is 9.79. The van der Waals surface area contributed by atoms with E-state index in [1.807, 2.05) is 6.07 Å². The summed E-state index contributed by atoms with van der Waals surface area (Å²) in [6.07, 6.45) is -0.354. The van der Waals surface area contributed by atoms with Crippen LogP contribution < -0.4 is 14.8 Å². The Morgan fingerprint density at radius 3 is 2.70 bits per heavy atom. The number of carbonyl (C=O) groups excluding carboxylic acids is 1. The largest absolute Gasteiger partial charge is 0.497 e. The maximum atomic E-state index is 12.6. The lowest BCUT2D eigenvalue weighted by Crippen LogP contribution is -2.27. The zero-order chi connectivity index (χ0) is 21.7. The van der Waals surface area contributed by atoms with Gasteiger partial charge in [0.1, 0.15) is 17.2 Å². The standard InChI is InChI=1S/C22H24ClN3O4/c1-26-19(13-18(25-26)17-12-16(29-2)7-8-21(17)30-3)22(28)24-10-9-20(27)14-5-4-6-15(23)11-14/h4-8,11-13,20,27H,9-10H2,1-3H3,(H,24,28)/t20-/m0/s1. The highest BCUT2D eigenvalue weighted by atomic mass is 35.5. The Morgan fingerprint density at radius 1 is 1.20 bits per heavy atom. The smallest absolute Gasteiger partial charge is 0.269 e. The zero-order valence-electron chi connectivity index (χ0n) is 17.1. The summed E-state index contributed by atoms with van der Waals surface area (Å²) in [5.41, 5.74) is 2.43. The number of nitrogens with zero attached hydrogens (tertiary/aromatic N) is 2. The quantitative estimate of drug-likeness (QED) is 0.571. The maximum Gasteiger partial charge on any atom is 0.269 e. The molecule has 1 atom stereocenters. The maximum absolute atomic E-state index is 12.6. The van der Waals surface area contributed by atoms with Gasteiger partial charge in [-0.25, -0.2) is 0 Å². The van der Waals surface area contributed by atoms with E-state index >= 15 is 0 Å². The van der Waals surface area contributed by atoms with E-state index in [0.29, 0.717) is 46.4 Å². The van der Waals surface area contributed by atoms with Gasteiger partial charge in [0.25, 0.3) is 5.91 Å². The Morgan fingerprint density at radius 2 is 2.00 bits per heavy atom. The Hall–Kier alpha value is -3.03. The van der Waals surface area contributed by atoms with Gasteiger partial charge in [-0.1, -0.05) is 23.7 Å². The summed E-state index contributed by atoms with van der Waals surface area (Å²) in [6.45, 7) is 0.301. The minimum atomic E-state index is -0.716. The predicted molar refractivity (Wildman–Crippen MR) is 115 cm³/mol. The third-order valence-electron chi connectivity index (χ3n) is 4.73. The molecule has 0 saturated carbocycles. The fourth-order valence-electron chi connectivity index (χ4n) is 3.12. The van der Waals surface area contributed by atoms with Crippen molar-refractivity contribution in [2.75, 3.05) is 20.8 Å². The number of carbonyl (C=O) groups is 1. The summed E-state index contributed by atoms with van der Waals surface area (Å²) < 4.78 is 12.2. The number of rotatable bonds is 8. The van der Waals surface area contributed by atoms with Crippen molar-refractivity contribution in [3.8, 4) is 22.8 Å². The summed E-state index contributed by atoms with van der Waals surface area (Å²) in [4.78, 5) is 12.6. The van der Waals surface area contributed by atoms with Gasteiger partial charge in [0.15, 0.2) is 0 Å². The van der Waals surface area contributed by atoms with Crippen LogP contribution in [0.5, 0.6) is 11.5 Å². The molecule has 0 spiro atoms. The van der Waals surface area contributed by atoms with Gasteiger partial charge in [0, 0.05) is 24.2 Å². The van der Waals surface area contributed by atoms with E-state index in [2.05, 4.69) is 10.4 Å². The van der Waals surface area contributed by atoms with Gasteiger partial charge in [-0.05, 0) is 48.4 Å². The van der Waals surface area contributed by atoms with E-state index < -0.39 is 6.10 Å². The topological polar surface area (TPSA) is 85.6 Å². The highest BCUT2D eigenvalue weighted by Crippen LogP contribution is 2.33. The van der Waals surface area contributed by atoms with Crippen LogP contribution in [0.1, 0.15) is 28.6 Å². The van der Waals surface area contributed by atoms with Crippen LogP contribution in [0.25, 0.3) is 11.3 Å². The van der Waals surface area contributed by atoms with E-state index in [-0.39, 0.29) is 5.91 Å². The second kappa shape index (κ2) is 9.65. The van der Waals surface area contributed by atoms with Gasteiger partial charge >= 0.3 is 0 Å². The fraction of sp³-hybridized carbons (Fsp3) is 0.273. The lowest BCUT2D eigenvalue weighted by molar-refractivity contribution is 0.0933. The molecule has 8 heteroatoms. The number of hydrogen-bond acceptors (Lipinski definition) is 5. The molecule has 3 aromatic rings. The minimum Gasteiger partial charge on any atom is -0.497 e. The molecule has 158 valence electrons. The molecule has 0 bridgehead atoms. The summed E-state index contributed by atoms with van der Waals surface area (Å²) >= 11 is 5.96. The third kappa shape index (κ3) is 4.93. The number of aliphatic hydroxyl groups is 1. The average molecular weight is 430 g/mol. The Bertz CT molecular complexity index is 1030. The molecule has 0 fully saturated rings. The molecule has 2 aromatic carbocycles.